The van der Waals surface area contributed by atoms with E-state index in [0.29, 0.717) is 10.8 Å². The summed E-state index contributed by atoms with van der Waals surface area (Å²) in [7, 11) is 0. The largest absolute Gasteiger partial charge is 0.480 e. The molecule has 0 aromatic carbocycles. The molecule has 0 aromatic heterocycles. The minimum Gasteiger partial charge on any atom is -0.480 e. The number of aliphatic imine (C=N–C) groups is 1. The van der Waals surface area contributed by atoms with Gasteiger partial charge in [0.15, 0.2) is 6.04 Å². The van der Waals surface area contributed by atoms with Crippen LogP contribution in [0.15, 0.2) is 4.99 Å². The third kappa shape index (κ3) is 2.34. The molecule has 5 heteroatoms. The molecule has 0 aromatic rings. The van der Waals surface area contributed by atoms with Gasteiger partial charge in [-0.05, 0) is 6.92 Å². The van der Waals surface area contributed by atoms with Crippen molar-refractivity contribution >= 4 is 28.6 Å². The SMILES string of the molecule is CC(=O)CC1=NC(C(=O)O)CS1. The number of carboxylic acid groups (broad SMARTS) is 1. The van der Waals surface area contributed by atoms with Gasteiger partial charge >= 0.3 is 5.97 Å². The van der Waals surface area contributed by atoms with Gasteiger partial charge in [-0.2, -0.15) is 0 Å². The Bertz CT molecular complexity index is 249. The summed E-state index contributed by atoms with van der Waals surface area (Å²) in [4.78, 5) is 24.9. The van der Waals surface area contributed by atoms with Gasteiger partial charge < -0.3 is 5.11 Å². The van der Waals surface area contributed by atoms with Gasteiger partial charge in [-0.15, -0.1) is 11.8 Å². The molecular weight excluding hydrogens is 178 g/mol. The number of carbonyl (C=O) groups excluding carboxylic acids is 1. The van der Waals surface area contributed by atoms with Crippen LogP contribution in [0.25, 0.3) is 0 Å². The molecule has 1 N–H and O–H groups in total. The van der Waals surface area contributed by atoms with Gasteiger partial charge in [0.1, 0.15) is 5.78 Å². The quantitative estimate of drug-likeness (QED) is 0.701. The summed E-state index contributed by atoms with van der Waals surface area (Å²) >= 11 is 1.36. The van der Waals surface area contributed by atoms with Crippen molar-refractivity contribution in [2.75, 3.05) is 5.75 Å². The lowest BCUT2D eigenvalue weighted by molar-refractivity contribution is -0.137. The first-order valence-electron chi connectivity index (χ1n) is 3.51. The maximum absolute atomic E-state index is 10.6. The highest BCUT2D eigenvalue weighted by molar-refractivity contribution is 8.14. The highest BCUT2D eigenvalue weighted by Gasteiger charge is 2.24. The van der Waals surface area contributed by atoms with Gasteiger partial charge in [0, 0.05) is 5.75 Å². The van der Waals surface area contributed by atoms with E-state index in [1.807, 2.05) is 0 Å². The molecule has 1 atom stereocenters. The molecule has 1 heterocycles. The van der Waals surface area contributed by atoms with E-state index < -0.39 is 12.0 Å². The lowest BCUT2D eigenvalue weighted by Gasteiger charge is -1.94. The number of hydrogen-bond acceptors (Lipinski definition) is 4. The van der Waals surface area contributed by atoms with Crippen LogP contribution in [0.3, 0.4) is 0 Å². The summed E-state index contributed by atoms with van der Waals surface area (Å²) in [6, 6.07) is -0.649. The average Bonchev–Trinajstić information content (AvgIpc) is 2.34. The van der Waals surface area contributed by atoms with E-state index >= 15 is 0 Å². The molecule has 1 aliphatic heterocycles. The number of Topliss-reactive ketones (excluding diaryl/α,β-unsaturated/α-hetero) is 1. The average molecular weight is 187 g/mol. The molecule has 0 radical (unpaired) electrons. The molecule has 0 fully saturated rings. The molecule has 0 bridgehead atoms. The Balaban J connectivity index is 2.54. The van der Waals surface area contributed by atoms with Crippen molar-refractivity contribution in [2.45, 2.75) is 19.4 Å². The number of hydrogen-bond donors (Lipinski definition) is 1. The molecule has 4 nitrogen and oxygen atoms in total. The monoisotopic (exact) mass is 187 g/mol. The molecule has 0 aliphatic carbocycles. The molecule has 1 rings (SSSR count). The van der Waals surface area contributed by atoms with Crippen LogP contribution in [0, 0.1) is 0 Å². The molecular formula is C7H9NO3S. The first-order valence-corrected chi connectivity index (χ1v) is 4.50. The first-order chi connectivity index (χ1) is 5.59. The summed E-state index contributed by atoms with van der Waals surface area (Å²) in [5, 5.41) is 9.21. The summed E-state index contributed by atoms with van der Waals surface area (Å²) in [5.74, 6) is -0.439. The van der Waals surface area contributed by atoms with Crippen molar-refractivity contribution in [3.8, 4) is 0 Å². The highest BCUT2D eigenvalue weighted by Crippen LogP contribution is 2.20. The summed E-state index contributed by atoms with van der Waals surface area (Å²) in [6.45, 7) is 1.47. The number of rotatable bonds is 3. The minimum absolute atomic E-state index is 0.0206. The smallest absolute Gasteiger partial charge is 0.329 e. The number of carboxylic acids is 1. The fourth-order valence-electron chi connectivity index (χ4n) is 0.860. The van der Waals surface area contributed by atoms with Gasteiger partial charge in [0.05, 0.1) is 11.5 Å². The van der Waals surface area contributed by atoms with E-state index in [-0.39, 0.29) is 12.2 Å². The van der Waals surface area contributed by atoms with Gasteiger partial charge in [-0.3, -0.25) is 9.79 Å². The zero-order valence-corrected chi connectivity index (χ0v) is 7.43. The van der Waals surface area contributed by atoms with Crippen LogP contribution in [0.4, 0.5) is 0 Å². The van der Waals surface area contributed by atoms with Gasteiger partial charge in [-0.1, -0.05) is 0 Å². The van der Waals surface area contributed by atoms with Crippen LogP contribution in [0.5, 0.6) is 0 Å². The molecule has 0 spiro atoms. The van der Waals surface area contributed by atoms with Gasteiger partial charge in [-0.25, -0.2) is 4.79 Å². The Morgan fingerprint density at radius 3 is 2.83 bits per heavy atom. The Morgan fingerprint density at radius 2 is 2.42 bits per heavy atom. The zero-order valence-electron chi connectivity index (χ0n) is 6.61. The second kappa shape index (κ2) is 3.71. The maximum atomic E-state index is 10.6. The van der Waals surface area contributed by atoms with E-state index in [1.54, 1.807) is 0 Å². The molecule has 1 unspecified atom stereocenters. The minimum atomic E-state index is -0.916. The van der Waals surface area contributed by atoms with Crippen molar-refractivity contribution in [3.05, 3.63) is 0 Å². The number of aliphatic carboxylic acids is 1. The number of carbonyl (C=O) groups is 2. The topological polar surface area (TPSA) is 66.7 Å². The van der Waals surface area contributed by atoms with Crippen LogP contribution in [0.2, 0.25) is 0 Å². The fourth-order valence-corrected chi connectivity index (χ4v) is 1.93. The van der Waals surface area contributed by atoms with Crippen LogP contribution >= 0.6 is 11.8 Å². The van der Waals surface area contributed by atoms with Crippen molar-refractivity contribution in [1.29, 1.82) is 0 Å². The van der Waals surface area contributed by atoms with Crippen molar-refractivity contribution in [3.63, 3.8) is 0 Å². The fraction of sp³-hybridized carbons (Fsp3) is 0.571. The predicted octanol–water partition coefficient (Wildman–Crippen LogP) is 0.564. The summed E-state index contributed by atoms with van der Waals surface area (Å²) in [5.41, 5.74) is 0. The van der Waals surface area contributed by atoms with Crippen molar-refractivity contribution in [1.82, 2.24) is 0 Å². The third-order valence-electron chi connectivity index (χ3n) is 1.39. The standard InChI is InChI=1S/C7H9NO3S/c1-4(9)2-6-8-5(3-12-6)7(10)11/h5H,2-3H2,1H3,(H,10,11). The molecule has 1 aliphatic rings. The predicted molar refractivity (Wildman–Crippen MR) is 46.6 cm³/mol. The normalized spacial score (nSPS) is 22.1. The second-order valence-corrected chi connectivity index (χ2v) is 3.66. The molecule has 0 saturated heterocycles. The molecule has 66 valence electrons. The van der Waals surface area contributed by atoms with Crippen molar-refractivity contribution in [2.24, 2.45) is 4.99 Å². The maximum Gasteiger partial charge on any atom is 0.329 e. The van der Waals surface area contributed by atoms with E-state index in [1.165, 1.54) is 18.7 Å². The third-order valence-corrected chi connectivity index (χ3v) is 2.46. The van der Waals surface area contributed by atoms with Crippen molar-refractivity contribution < 1.29 is 14.7 Å². The van der Waals surface area contributed by atoms with E-state index in [0.717, 1.165) is 0 Å². The second-order valence-electron chi connectivity index (χ2n) is 2.57. The van der Waals surface area contributed by atoms with E-state index in [9.17, 15) is 9.59 Å². The highest BCUT2D eigenvalue weighted by atomic mass is 32.2. The Kier molecular flexibility index (Phi) is 2.86. The Labute approximate surface area is 74.1 Å². The molecule has 12 heavy (non-hydrogen) atoms. The van der Waals surface area contributed by atoms with Gasteiger partial charge in [0.25, 0.3) is 0 Å². The first kappa shape index (κ1) is 9.25. The number of nitrogens with zero attached hydrogens (tertiary/aromatic N) is 1. The van der Waals surface area contributed by atoms with Crippen LogP contribution in [-0.4, -0.2) is 33.7 Å². The lowest BCUT2D eigenvalue weighted by Crippen LogP contribution is -2.17. The number of thioether (sulfide) groups is 1. The zero-order chi connectivity index (χ0) is 9.14. The van der Waals surface area contributed by atoms with Crippen LogP contribution in [0.1, 0.15) is 13.3 Å². The Hall–Kier alpha value is -0.840. The van der Waals surface area contributed by atoms with E-state index in [2.05, 4.69) is 4.99 Å². The van der Waals surface area contributed by atoms with Gasteiger partial charge in [0.2, 0.25) is 0 Å². The molecule has 0 amide bonds. The summed E-state index contributed by atoms with van der Waals surface area (Å²) in [6.07, 6.45) is 0.272. The lowest BCUT2D eigenvalue weighted by atomic mass is 10.3. The molecule has 0 saturated carbocycles. The number of ketones is 1. The Morgan fingerprint density at radius 1 is 1.75 bits per heavy atom. The summed E-state index contributed by atoms with van der Waals surface area (Å²) < 4.78 is 0. The van der Waals surface area contributed by atoms with Crippen LogP contribution in [-0.2, 0) is 9.59 Å². The van der Waals surface area contributed by atoms with Crippen LogP contribution < -0.4 is 0 Å². The van der Waals surface area contributed by atoms with E-state index in [4.69, 9.17) is 5.11 Å².